The number of carbonyl (C=O) groups is 1. The molecule has 2 rings (SSSR count). The predicted molar refractivity (Wildman–Crippen MR) is 76.8 cm³/mol. The van der Waals surface area contributed by atoms with E-state index in [1.54, 1.807) is 32.4 Å². The predicted octanol–water partition coefficient (Wildman–Crippen LogP) is 3.61. The van der Waals surface area contributed by atoms with Crippen molar-refractivity contribution in [1.82, 2.24) is 0 Å². The van der Waals surface area contributed by atoms with Crippen molar-refractivity contribution < 1.29 is 14.3 Å². The topological polar surface area (TPSA) is 35.5 Å². The molecular formula is C15H16O3S. The van der Waals surface area contributed by atoms with Gasteiger partial charge in [0.1, 0.15) is 11.5 Å². The number of ketones is 1. The summed E-state index contributed by atoms with van der Waals surface area (Å²) in [5, 5.41) is 0. The average Bonchev–Trinajstić information content (AvgIpc) is 2.76. The molecule has 0 fully saturated rings. The summed E-state index contributed by atoms with van der Waals surface area (Å²) in [5.74, 6) is 1.21. The van der Waals surface area contributed by atoms with E-state index in [1.807, 2.05) is 19.9 Å². The minimum Gasteiger partial charge on any atom is -0.497 e. The molecule has 0 radical (unpaired) electrons. The molecule has 19 heavy (non-hydrogen) atoms. The van der Waals surface area contributed by atoms with Gasteiger partial charge in [-0.25, -0.2) is 0 Å². The highest BCUT2D eigenvalue weighted by atomic mass is 32.1. The van der Waals surface area contributed by atoms with Crippen LogP contribution >= 0.6 is 11.3 Å². The van der Waals surface area contributed by atoms with Crippen LogP contribution in [0, 0.1) is 13.8 Å². The summed E-state index contributed by atoms with van der Waals surface area (Å²) in [6.45, 7) is 3.95. The summed E-state index contributed by atoms with van der Waals surface area (Å²) in [6.07, 6.45) is 0. The van der Waals surface area contributed by atoms with E-state index in [1.165, 1.54) is 11.3 Å². The number of hydrogen-bond acceptors (Lipinski definition) is 4. The zero-order valence-electron chi connectivity index (χ0n) is 11.4. The minimum atomic E-state index is -0.00453. The highest BCUT2D eigenvalue weighted by Gasteiger charge is 2.19. The van der Waals surface area contributed by atoms with Gasteiger partial charge in [0.15, 0.2) is 0 Å². The molecule has 0 aliphatic carbocycles. The molecule has 0 saturated heterocycles. The molecule has 0 bridgehead atoms. The number of aryl methyl sites for hydroxylation is 2. The van der Waals surface area contributed by atoms with Crippen LogP contribution in [0.3, 0.4) is 0 Å². The van der Waals surface area contributed by atoms with E-state index in [0.717, 1.165) is 15.3 Å². The summed E-state index contributed by atoms with van der Waals surface area (Å²) in [4.78, 5) is 14.4. The number of ether oxygens (including phenoxy) is 2. The van der Waals surface area contributed by atoms with Gasteiger partial charge in [0.25, 0.3) is 0 Å². The lowest BCUT2D eigenvalue weighted by atomic mass is 10.1. The highest BCUT2D eigenvalue weighted by molar-refractivity contribution is 7.14. The van der Waals surface area contributed by atoms with Crippen molar-refractivity contribution >= 4 is 17.1 Å². The van der Waals surface area contributed by atoms with Crippen LogP contribution in [-0.2, 0) is 0 Å². The van der Waals surface area contributed by atoms with Crippen molar-refractivity contribution in [2.75, 3.05) is 14.2 Å². The third kappa shape index (κ3) is 2.63. The van der Waals surface area contributed by atoms with Crippen molar-refractivity contribution in [3.05, 3.63) is 45.1 Å². The molecule has 0 saturated carbocycles. The first kappa shape index (κ1) is 13.6. The molecule has 1 heterocycles. The highest BCUT2D eigenvalue weighted by Crippen LogP contribution is 2.30. The number of hydrogen-bond donors (Lipinski definition) is 0. The number of methoxy groups -OCH3 is 2. The maximum absolute atomic E-state index is 12.5. The number of thiophene rings is 1. The van der Waals surface area contributed by atoms with Crippen LogP contribution in [0.4, 0.5) is 0 Å². The monoisotopic (exact) mass is 276 g/mol. The second kappa shape index (κ2) is 5.45. The maximum Gasteiger partial charge on any atom is 0.206 e. The van der Waals surface area contributed by atoms with Gasteiger partial charge in [-0.3, -0.25) is 4.79 Å². The smallest absolute Gasteiger partial charge is 0.206 e. The molecule has 0 unspecified atom stereocenters. The zero-order valence-corrected chi connectivity index (χ0v) is 12.3. The lowest BCUT2D eigenvalue weighted by Gasteiger charge is -2.09. The second-order valence-electron chi connectivity index (χ2n) is 4.26. The molecule has 0 N–H and O–H groups in total. The quantitative estimate of drug-likeness (QED) is 0.800. The molecule has 3 nitrogen and oxygen atoms in total. The van der Waals surface area contributed by atoms with Gasteiger partial charge in [-0.15, -0.1) is 11.3 Å². The van der Waals surface area contributed by atoms with Gasteiger partial charge >= 0.3 is 0 Å². The molecule has 1 aromatic heterocycles. The van der Waals surface area contributed by atoms with Crippen LogP contribution in [-0.4, -0.2) is 20.0 Å². The number of carbonyl (C=O) groups excluding carboxylic acids is 1. The average molecular weight is 276 g/mol. The van der Waals surface area contributed by atoms with Gasteiger partial charge in [-0.05, 0) is 37.6 Å². The van der Waals surface area contributed by atoms with Crippen molar-refractivity contribution in [1.29, 1.82) is 0 Å². The molecule has 0 spiro atoms. The van der Waals surface area contributed by atoms with Crippen LogP contribution in [0.25, 0.3) is 0 Å². The normalized spacial score (nSPS) is 10.3. The lowest BCUT2D eigenvalue weighted by molar-refractivity contribution is 0.103. The van der Waals surface area contributed by atoms with Gasteiger partial charge in [0.2, 0.25) is 5.78 Å². The van der Waals surface area contributed by atoms with E-state index in [-0.39, 0.29) is 5.78 Å². The Kier molecular flexibility index (Phi) is 3.90. The van der Waals surface area contributed by atoms with E-state index in [4.69, 9.17) is 9.47 Å². The van der Waals surface area contributed by atoms with Crippen molar-refractivity contribution in [2.45, 2.75) is 13.8 Å². The Hall–Kier alpha value is -1.81. The Balaban J connectivity index is 2.46. The largest absolute Gasteiger partial charge is 0.497 e. The first-order chi connectivity index (χ1) is 9.06. The Labute approximate surface area is 116 Å². The van der Waals surface area contributed by atoms with Crippen LogP contribution in [0.1, 0.15) is 25.7 Å². The number of benzene rings is 1. The van der Waals surface area contributed by atoms with Crippen LogP contribution in [0.5, 0.6) is 11.5 Å². The molecule has 1 aromatic carbocycles. The Bertz CT molecular complexity index is 614. The summed E-state index contributed by atoms with van der Waals surface area (Å²) < 4.78 is 10.4. The third-order valence-electron chi connectivity index (χ3n) is 2.90. The molecular weight excluding hydrogens is 260 g/mol. The van der Waals surface area contributed by atoms with Gasteiger partial charge in [0, 0.05) is 10.9 Å². The fraction of sp³-hybridized carbons (Fsp3) is 0.267. The summed E-state index contributed by atoms with van der Waals surface area (Å²) in [6, 6.07) is 7.26. The van der Waals surface area contributed by atoms with E-state index in [0.29, 0.717) is 17.1 Å². The summed E-state index contributed by atoms with van der Waals surface area (Å²) >= 11 is 1.51. The van der Waals surface area contributed by atoms with Crippen molar-refractivity contribution in [3.8, 4) is 11.5 Å². The fourth-order valence-corrected chi connectivity index (χ4v) is 2.96. The minimum absolute atomic E-state index is 0.00453. The Morgan fingerprint density at radius 3 is 2.37 bits per heavy atom. The van der Waals surface area contributed by atoms with Crippen molar-refractivity contribution in [2.24, 2.45) is 0 Å². The van der Waals surface area contributed by atoms with Gasteiger partial charge in [0.05, 0.1) is 24.7 Å². The lowest BCUT2D eigenvalue weighted by Crippen LogP contribution is -2.03. The zero-order chi connectivity index (χ0) is 14.0. The second-order valence-corrected chi connectivity index (χ2v) is 5.52. The van der Waals surface area contributed by atoms with Crippen LogP contribution in [0.2, 0.25) is 0 Å². The SMILES string of the molecule is COc1ccc(C(=O)c2sc(C)cc2C)c(OC)c1. The molecule has 0 aliphatic heterocycles. The fourth-order valence-electron chi connectivity index (χ4n) is 1.98. The van der Waals surface area contributed by atoms with Gasteiger partial charge in [-0.2, -0.15) is 0 Å². The van der Waals surface area contributed by atoms with Gasteiger partial charge < -0.3 is 9.47 Å². The number of rotatable bonds is 4. The Morgan fingerprint density at radius 1 is 1.11 bits per heavy atom. The molecule has 0 aliphatic rings. The molecule has 0 atom stereocenters. The summed E-state index contributed by atoms with van der Waals surface area (Å²) in [7, 11) is 3.14. The molecule has 4 heteroatoms. The van der Waals surface area contributed by atoms with Crippen LogP contribution in [0.15, 0.2) is 24.3 Å². The van der Waals surface area contributed by atoms with Crippen molar-refractivity contribution in [3.63, 3.8) is 0 Å². The molecule has 2 aromatic rings. The third-order valence-corrected chi connectivity index (χ3v) is 4.05. The van der Waals surface area contributed by atoms with E-state index >= 15 is 0 Å². The van der Waals surface area contributed by atoms with Gasteiger partial charge in [-0.1, -0.05) is 0 Å². The molecule has 100 valence electrons. The van der Waals surface area contributed by atoms with Crippen LogP contribution < -0.4 is 9.47 Å². The van der Waals surface area contributed by atoms with E-state index < -0.39 is 0 Å². The van der Waals surface area contributed by atoms with E-state index in [2.05, 4.69) is 0 Å². The standard InChI is InChI=1S/C15H16O3S/c1-9-7-10(2)19-15(9)14(16)12-6-5-11(17-3)8-13(12)18-4/h5-8H,1-4H3. The molecule has 0 amide bonds. The maximum atomic E-state index is 12.5. The summed E-state index contributed by atoms with van der Waals surface area (Å²) in [5.41, 5.74) is 1.57. The first-order valence-corrected chi connectivity index (χ1v) is 6.72. The Morgan fingerprint density at radius 2 is 1.84 bits per heavy atom. The van der Waals surface area contributed by atoms with E-state index in [9.17, 15) is 4.79 Å². The first-order valence-electron chi connectivity index (χ1n) is 5.90.